The third-order valence-corrected chi connectivity index (χ3v) is 11.2. The number of nitrogens with zero attached hydrogens (tertiary/aromatic N) is 3. The first-order valence-corrected chi connectivity index (χ1v) is 20.6. The fraction of sp³-hybridized carbons (Fsp3) is 0.450. The number of carbonyl (C=O) groups excluding carboxylic acids is 2. The minimum absolute atomic E-state index is 0.00864. The first-order valence-electron chi connectivity index (χ1n) is 18.4. The normalized spacial score (nSPS) is 12.8. The second kappa shape index (κ2) is 19.4. The van der Waals surface area contributed by atoms with E-state index in [2.05, 4.69) is 25.3 Å². The number of alkyl carbamates (subject to hydrolysis) is 2. The van der Waals surface area contributed by atoms with Gasteiger partial charge in [-0.05, 0) is 78.1 Å². The van der Waals surface area contributed by atoms with Crippen molar-refractivity contribution >= 4 is 44.6 Å². The summed E-state index contributed by atoms with van der Waals surface area (Å²) in [7, 11) is -0.326. The number of nitrogens with one attached hydrogen (secondary N) is 3. The molecule has 0 aliphatic heterocycles. The van der Waals surface area contributed by atoms with Gasteiger partial charge in [-0.25, -0.2) is 31.7 Å². The van der Waals surface area contributed by atoms with Crippen LogP contribution in [0, 0.1) is 11.7 Å². The summed E-state index contributed by atoms with van der Waals surface area (Å²) in [5.74, 6) is -0.490. The van der Waals surface area contributed by atoms with E-state index >= 15 is 4.39 Å². The molecule has 0 radical (unpaired) electrons. The monoisotopic (exact) mass is 844 g/mol. The van der Waals surface area contributed by atoms with Crippen LogP contribution in [-0.4, -0.2) is 75.1 Å². The summed E-state index contributed by atoms with van der Waals surface area (Å²) < 4.78 is 77.1. The van der Waals surface area contributed by atoms with Crippen molar-refractivity contribution in [3.63, 3.8) is 0 Å². The van der Waals surface area contributed by atoms with Crippen molar-refractivity contribution in [1.82, 2.24) is 20.0 Å². The quantitative estimate of drug-likeness (QED) is 0.0967. The number of sulfonamides is 1. The highest BCUT2D eigenvalue weighted by Gasteiger charge is 2.33. The number of methoxy groups -OCH3 is 3. The third-order valence-electron chi connectivity index (χ3n) is 8.62. The lowest BCUT2D eigenvalue weighted by molar-refractivity contribution is 0.0488. The molecule has 15 nitrogen and oxygen atoms in total. The summed E-state index contributed by atoms with van der Waals surface area (Å²) in [5.41, 5.74) is 0.941. The second-order valence-corrected chi connectivity index (χ2v) is 17.9. The van der Waals surface area contributed by atoms with Crippen LogP contribution in [0.2, 0.25) is 0 Å². The Labute approximate surface area is 343 Å². The minimum atomic E-state index is -4.61. The van der Waals surface area contributed by atoms with Gasteiger partial charge in [0.25, 0.3) is 10.0 Å². The van der Waals surface area contributed by atoms with E-state index in [4.69, 9.17) is 23.7 Å². The predicted octanol–water partition coefficient (Wildman–Crippen LogP) is 7.31. The van der Waals surface area contributed by atoms with E-state index in [9.17, 15) is 18.0 Å². The lowest BCUT2D eigenvalue weighted by atomic mass is 9.90. The molecular weight excluding hydrogens is 792 g/mol. The summed E-state index contributed by atoms with van der Waals surface area (Å²) in [6, 6.07) is 14.1. The highest BCUT2D eigenvalue weighted by Crippen LogP contribution is 2.36. The molecule has 4 rings (SSSR count). The van der Waals surface area contributed by atoms with Gasteiger partial charge in [0.15, 0.2) is 0 Å². The van der Waals surface area contributed by atoms with Crippen LogP contribution < -0.4 is 34.5 Å². The van der Waals surface area contributed by atoms with Crippen LogP contribution in [-0.2, 0) is 39.0 Å². The van der Waals surface area contributed by atoms with E-state index in [1.54, 1.807) is 59.7 Å². The molecular formula is C40H53FN6O9S2. The molecule has 0 fully saturated rings. The van der Waals surface area contributed by atoms with E-state index in [0.29, 0.717) is 23.5 Å². The van der Waals surface area contributed by atoms with Gasteiger partial charge < -0.3 is 39.6 Å². The van der Waals surface area contributed by atoms with Crippen LogP contribution in [0.1, 0.15) is 65.2 Å². The molecule has 0 aliphatic carbocycles. The Hall–Kier alpha value is -5.36. The zero-order chi connectivity index (χ0) is 42.8. The molecule has 0 unspecified atom stereocenters. The van der Waals surface area contributed by atoms with Crippen LogP contribution in [0.4, 0.5) is 24.8 Å². The van der Waals surface area contributed by atoms with E-state index in [0.717, 1.165) is 39.1 Å². The Morgan fingerprint density at radius 2 is 1.52 bits per heavy atom. The summed E-state index contributed by atoms with van der Waals surface area (Å²) >= 11 is 0.829. The summed E-state index contributed by atoms with van der Waals surface area (Å²) in [5, 5.41) is 8.94. The summed E-state index contributed by atoms with van der Waals surface area (Å²) in [6.45, 7) is 12.5. The molecule has 3 aromatic carbocycles. The van der Waals surface area contributed by atoms with E-state index < -0.39 is 50.2 Å². The van der Waals surface area contributed by atoms with Crippen molar-refractivity contribution in [3.05, 3.63) is 83.4 Å². The molecule has 0 bridgehead atoms. The Morgan fingerprint density at radius 1 is 0.862 bits per heavy atom. The fourth-order valence-electron chi connectivity index (χ4n) is 5.80. The largest absolute Gasteiger partial charge is 0.497 e. The van der Waals surface area contributed by atoms with Crippen molar-refractivity contribution in [2.24, 2.45) is 5.92 Å². The molecule has 4 aromatic rings. The molecule has 0 aliphatic rings. The molecule has 1 heterocycles. The van der Waals surface area contributed by atoms with Crippen LogP contribution in [0.15, 0.2) is 65.8 Å². The van der Waals surface area contributed by atoms with Crippen molar-refractivity contribution in [3.8, 4) is 17.2 Å². The molecule has 1 aromatic heterocycles. The lowest BCUT2D eigenvalue weighted by Gasteiger charge is -2.29. The zero-order valence-corrected chi connectivity index (χ0v) is 36.1. The van der Waals surface area contributed by atoms with Crippen molar-refractivity contribution in [2.45, 2.75) is 90.1 Å². The Balaban J connectivity index is 1.65. The fourth-order valence-corrected chi connectivity index (χ4v) is 7.99. The van der Waals surface area contributed by atoms with Gasteiger partial charge in [-0.3, -0.25) is 0 Å². The van der Waals surface area contributed by atoms with Crippen LogP contribution in [0.5, 0.6) is 17.2 Å². The average molecular weight is 845 g/mol. The van der Waals surface area contributed by atoms with Crippen molar-refractivity contribution in [2.75, 3.05) is 37.5 Å². The van der Waals surface area contributed by atoms with Gasteiger partial charge in [-0.2, -0.15) is 4.37 Å². The zero-order valence-electron chi connectivity index (χ0n) is 34.5. The standard InChI is InChI=1S/C40H53FN6O9S2/c1-25(46-38(49)56-40(5,6)7)29(17-26-13-11-12-14-27(26)21-43-37(48)55-39(2,3)4)22-42-32-19-31(41)35(20-34(32)54-10)58(50,51)47(36-44-24-45-57-36)23-28-15-16-30(52-8)18-33(28)53-9/h11-16,18-20,24-25,29,42H,17,21-23H2,1-10H3,(H,43,48)(H,46,49)/t25-,29+/m1/s1. The number of ether oxygens (including phenoxy) is 5. The first-order chi connectivity index (χ1) is 27.2. The molecule has 58 heavy (non-hydrogen) atoms. The van der Waals surface area contributed by atoms with E-state index in [1.165, 1.54) is 27.7 Å². The SMILES string of the molecule is COc1ccc(CN(c2ncns2)S(=O)(=O)c2cc(OC)c(NC[C@H](Cc3ccccc3CNC(=O)OC(C)(C)C)[C@@H](C)NC(=O)OC(C)(C)C)cc2F)c(OC)c1. The number of halogens is 1. The van der Waals surface area contributed by atoms with Gasteiger partial charge in [0, 0.05) is 60.3 Å². The molecule has 316 valence electrons. The number of hydrogen-bond acceptors (Lipinski definition) is 13. The van der Waals surface area contributed by atoms with Crippen LogP contribution in [0.3, 0.4) is 0 Å². The van der Waals surface area contributed by atoms with Gasteiger partial charge in [0.05, 0.1) is 33.6 Å². The van der Waals surface area contributed by atoms with Gasteiger partial charge in [-0.1, -0.05) is 24.3 Å². The number of hydrogen-bond donors (Lipinski definition) is 3. The molecule has 18 heteroatoms. The van der Waals surface area contributed by atoms with Crippen molar-refractivity contribution < 1.29 is 46.1 Å². The Morgan fingerprint density at radius 3 is 2.12 bits per heavy atom. The highest BCUT2D eigenvalue weighted by molar-refractivity contribution is 7.93. The van der Waals surface area contributed by atoms with Crippen LogP contribution >= 0.6 is 11.5 Å². The number of benzene rings is 3. The number of aromatic nitrogens is 2. The Kier molecular flexibility index (Phi) is 15.2. The summed E-state index contributed by atoms with van der Waals surface area (Å²) in [6.07, 6.45) is 0.434. The maximum absolute atomic E-state index is 16.2. The van der Waals surface area contributed by atoms with E-state index in [-0.39, 0.29) is 42.1 Å². The smallest absolute Gasteiger partial charge is 0.407 e. The average Bonchev–Trinajstić information content (AvgIpc) is 3.68. The topological polar surface area (TPSA) is 180 Å². The number of rotatable bonds is 17. The highest BCUT2D eigenvalue weighted by atomic mass is 32.2. The molecule has 0 spiro atoms. The molecule has 3 N–H and O–H groups in total. The molecule has 2 atom stereocenters. The van der Waals surface area contributed by atoms with Crippen LogP contribution in [0.25, 0.3) is 0 Å². The maximum atomic E-state index is 16.2. The molecule has 0 saturated heterocycles. The van der Waals surface area contributed by atoms with E-state index in [1.807, 2.05) is 31.2 Å². The van der Waals surface area contributed by atoms with Gasteiger partial charge in [-0.15, -0.1) is 0 Å². The number of carbonyl (C=O) groups is 2. The minimum Gasteiger partial charge on any atom is -0.497 e. The molecule has 2 amide bonds. The molecule has 0 saturated carbocycles. The van der Waals surface area contributed by atoms with Gasteiger partial charge in [0.1, 0.15) is 45.5 Å². The van der Waals surface area contributed by atoms with Crippen molar-refractivity contribution in [1.29, 1.82) is 0 Å². The maximum Gasteiger partial charge on any atom is 0.407 e. The second-order valence-electron chi connectivity index (χ2n) is 15.3. The lowest BCUT2D eigenvalue weighted by Crippen LogP contribution is -2.44. The van der Waals surface area contributed by atoms with Gasteiger partial charge >= 0.3 is 12.2 Å². The third kappa shape index (κ3) is 12.6. The van der Waals surface area contributed by atoms with Gasteiger partial charge in [0.2, 0.25) is 5.13 Å². The number of amides is 2. The first kappa shape index (κ1) is 45.3. The Bertz CT molecular complexity index is 2120. The summed E-state index contributed by atoms with van der Waals surface area (Å²) in [4.78, 5) is 28.8. The predicted molar refractivity (Wildman–Crippen MR) is 220 cm³/mol. The number of anilines is 2.